The summed E-state index contributed by atoms with van der Waals surface area (Å²) in [7, 11) is -4.20. The zero-order valence-corrected chi connectivity index (χ0v) is 24.6. The third kappa shape index (κ3) is 7.65. The van der Waals surface area contributed by atoms with Gasteiger partial charge in [0.1, 0.15) is 22.7 Å². The number of sulfone groups is 1. The Bertz CT molecular complexity index is 1940. The molecule has 0 saturated heterocycles. The predicted octanol–water partition coefficient (Wildman–Crippen LogP) is 3.99. The summed E-state index contributed by atoms with van der Waals surface area (Å²) < 4.78 is 59.7. The molecular weight excluding hydrogens is 609 g/mol. The number of aryl methyl sites for hydroxylation is 1. The van der Waals surface area contributed by atoms with Crippen LogP contribution < -0.4 is 25.3 Å². The van der Waals surface area contributed by atoms with Crippen LogP contribution >= 0.6 is 0 Å². The largest absolute Gasteiger partial charge is 0.493 e. The van der Waals surface area contributed by atoms with Gasteiger partial charge < -0.3 is 24.4 Å². The second-order valence-electron chi connectivity index (χ2n) is 9.89. The summed E-state index contributed by atoms with van der Waals surface area (Å²) in [5.74, 6) is -0.856. The number of aromatic nitrogens is 2. The quantitative estimate of drug-likeness (QED) is 0.107. The molecule has 12 nitrogen and oxygen atoms in total. The van der Waals surface area contributed by atoms with Crippen LogP contribution in [-0.2, 0) is 16.3 Å². The van der Waals surface area contributed by atoms with E-state index in [4.69, 9.17) is 13.9 Å². The number of hydrogen-bond acceptors (Lipinski definition) is 10. The molecule has 5 aromatic rings. The maximum atomic E-state index is 13.0. The molecule has 0 fully saturated rings. The Morgan fingerprint density at radius 2 is 1.69 bits per heavy atom. The van der Waals surface area contributed by atoms with E-state index in [1.54, 1.807) is 36.4 Å². The summed E-state index contributed by atoms with van der Waals surface area (Å²) in [6.45, 7) is 0.626. The summed E-state index contributed by atoms with van der Waals surface area (Å²) in [6.07, 6.45) is 2.19. The number of fused-ring (bicyclic) bond motifs is 1. The molecule has 1 N–H and O–H groups in total. The monoisotopic (exact) mass is 637 g/mol. The molecule has 0 saturated carbocycles. The number of ether oxygens (including phenoxy) is 2. The SMILES string of the molecule is O=C(NCCCc1ccc(F)cc1)c1cc2ccc(OCCCCOc3no[n+]([O-])c3S(=O)(=O)c3ccccc3)cc2oc1=O. The fourth-order valence-corrected chi connectivity index (χ4v) is 5.68. The van der Waals surface area contributed by atoms with E-state index >= 15 is 0 Å². The Balaban J connectivity index is 1.09. The van der Waals surface area contributed by atoms with Gasteiger partial charge in [-0.25, -0.2) is 17.6 Å². The van der Waals surface area contributed by atoms with Crippen molar-refractivity contribution in [1.29, 1.82) is 0 Å². The molecule has 2 aromatic heterocycles. The molecule has 2 heterocycles. The Hall–Kier alpha value is -5.24. The van der Waals surface area contributed by atoms with Gasteiger partial charge in [-0.1, -0.05) is 30.3 Å². The van der Waals surface area contributed by atoms with Crippen molar-refractivity contribution in [3.05, 3.63) is 111 Å². The molecule has 1 amide bonds. The van der Waals surface area contributed by atoms with Crippen molar-refractivity contribution < 1.29 is 41.0 Å². The van der Waals surface area contributed by atoms with Gasteiger partial charge in [-0.3, -0.25) is 9.42 Å². The normalized spacial score (nSPS) is 11.4. The van der Waals surface area contributed by atoms with E-state index in [0.29, 0.717) is 43.4 Å². The average molecular weight is 638 g/mol. The van der Waals surface area contributed by atoms with E-state index in [9.17, 15) is 27.6 Å². The highest BCUT2D eigenvalue weighted by Crippen LogP contribution is 2.25. The predicted molar refractivity (Wildman–Crippen MR) is 157 cm³/mol. The number of nitrogens with zero attached hydrogens (tertiary/aromatic N) is 2. The molecule has 0 aliphatic rings. The fourth-order valence-electron chi connectivity index (χ4n) is 4.38. The van der Waals surface area contributed by atoms with Crippen molar-refractivity contribution >= 4 is 26.7 Å². The van der Waals surface area contributed by atoms with E-state index < -0.39 is 32.3 Å². The van der Waals surface area contributed by atoms with Crippen molar-refractivity contribution in [3.63, 3.8) is 0 Å². The van der Waals surface area contributed by atoms with Crippen LogP contribution in [0.25, 0.3) is 11.0 Å². The molecule has 0 aliphatic carbocycles. The van der Waals surface area contributed by atoms with Crippen LogP contribution in [0.15, 0.2) is 103 Å². The van der Waals surface area contributed by atoms with Crippen molar-refractivity contribution in [2.75, 3.05) is 19.8 Å². The van der Waals surface area contributed by atoms with Crippen LogP contribution in [0.3, 0.4) is 0 Å². The van der Waals surface area contributed by atoms with Crippen LogP contribution in [-0.4, -0.2) is 39.2 Å². The highest BCUT2D eigenvalue weighted by Gasteiger charge is 2.35. The van der Waals surface area contributed by atoms with Gasteiger partial charge in [0.2, 0.25) is 0 Å². The topological polar surface area (TPSA) is 165 Å². The minimum Gasteiger partial charge on any atom is -0.493 e. The molecule has 0 radical (unpaired) electrons. The van der Waals surface area contributed by atoms with Gasteiger partial charge >= 0.3 is 16.5 Å². The minimum absolute atomic E-state index is 0.0386. The summed E-state index contributed by atoms with van der Waals surface area (Å²) in [5, 5.41) is 17.9. The molecule has 0 spiro atoms. The lowest BCUT2D eigenvalue weighted by molar-refractivity contribution is -0.832. The lowest BCUT2D eigenvalue weighted by Crippen LogP contribution is -2.31. The second-order valence-corrected chi connectivity index (χ2v) is 11.8. The molecule has 5 rings (SSSR count). The molecule has 3 aromatic carbocycles. The highest BCUT2D eigenvalue weighted by molar-refractivity contribution is 7.91. The molecule has 0 unspecified atom stereocenters. The van der Waals surface area contributed by atoms with Gasteiger partial charge in [-0.2, -0.15) is 0 Å². The first-order valence-electron chi connectivity index (χ1n) is 14.0. The molecular formula is C31H28FN3O9S. The number of carbonyl (C=O) groups excluding carboxylic acids is 1. The Morgan fingerprint density at radius 3 is 2.44 bits per heavy atom. The molecule has 0 bridgehead atoms. The lowest BCUT2D eigenvalue weighted by atomic mass is 10.1. The molecule has 45 heavy (non-hydrogen) atoms. The standard InChI is InChI=1S/C31H28FN3O9S/c32-23-13-10-21(11-14-23)7-6-16-33-28(36)26-19-22-12-15-24(20-27(22)43-31(26)37)41-17-4-5-18-42-29-30(35(38)44-34-29)45(39,40)25-8-2-1-3-9-25/h1-3,8-15,19-20H,4-7,16-18H2,(H,33,36). The van der Waals surface area contributed by atoms with E-state index in [1.165, 1.54) is 42.5 Å². The summed E-state index contributed by atoms with van der Waals surface area (Å²) in [5.41, 5.74) is 0.288. The third-order valence-corrected chi connectivity index (χ3v) is 8.42. The fraction of sp³-hybridized carbons (Fsp3) is 0.226. The van der Waals surface area contributed by atoms with Gasteiger partial charge in [0.15, 0.2) is 0 Å². The van der Waals surface area contributed by atoms with Crippen molar-refractivity contribution in [2.24, 2.45) is 0 Å². The van der Waals surface area contributed by atoms with E-state index in [1.807, 2.05) is 0 Å². The van der Waals surface area contributed by atoms with E-state index in [0.717, 1.165) is 5.56 Å². The average Bonchev–Trinajstić information content (AvgIpc) is 3.42. The number of hydrogen-bond donors (Lipinski definition) is 1. The first-order chi connectivity index (χ1) is 21.7. The molecule has 0 atom stereocenters. The van der Waals surface area contributed by atoms with Gasteiger partial charge in [0.25, 0.3) is 15.7 Å². The van der Waals surface area contributed by atoms with Crippen LogP contribution in [0.4, 0.5) is 4.39 Å². The number of unbranched alkanes of at least 4 members (excludes halogenated alkanes) is 1. The van der Waals surface area contributed by atoms with Crippen molar-refractivity contribution in [2.45, 2.75) is 35.6 Å². The van der Waals surface area contributed by atoms with Crippen LogP contribution in [0.5, 0.6) is 11.6 Å². The highest BCUT2D eigenvalue weighted by atomic mass is 32.2. The Labute approximate surface area is 256 Å². The maximum Gasteiger partial charge on any atom is 0.414 e. The van der Waals surface area contributed by atoms with E-state index in [-0.39, 0.29) is 40.0 Å². The summed E-state index contributed by atoms with van der Waals surface area (Å²) >= 11 is 0. The zero-order chi connectivity index (χ0) is 31.8. The van der Waals surface area contributed by atoms with Crippen molar-refractivity contribution in [3.8, 4) is 11.6 Å². The number of amides is 1. The summed E-state index contributed by atoms with van der Waals surface area (Å²) in [6, 6.07) is 19.9. The van der Waals surface area contributed by atoms with Crippen LogP contribution in [0.2, 0.25) is 0 Å². The van der Waals surface area contributed by atoms with E-state index in [2.05, 4.69) is 15.1 Å². The Morgan fingerprint density at radius 1 is 0.956 bits per heavy atom. The van der Waals surface area contributed by atoms with Gasteiger partial charge in [-0.15, -0.1) is 0 Å². The molecule has 234 valence electrons. The maximum absolute atomic E-state index is 13.0. The number of halogens is 1. The number of rotatable bonds is 14. The van der Waals surface area contributed by atoms with Gasteiger partial charge in [-0.05, 0) is 78.6 Å². The Kier molecular flexibility index (Phi) is 9.73. The van der Waals surface area contributed by atoms with Crippen molar-refractivity contribution in [1.82, 2.24) is 10.5 Å². The summed E-state index contributed by atoms with van der Waals surface area (Å²) in [4.78, 5) is 24.8. The smallest absolute Gasteiger partial charge is 0.414 e. The zero-order valence-electron chi connectivity index (χ0n) is 23.8. The number of nitrogens with one attached hydrogen (secondary N) is 1. The first-order valence-corrected chi connectivity index (χ1v) is 15.5. The molecule has 14 heteroatoms. The lowest BCUT2D eigenvalue weighted by Gasteiger charge is -2.08. The third-order valence-electron chi connectivity index (χ3n) is 6.69. The number of carbonyl (C=O) groups is 1. The van der Waals surface area contributed by atoms with Gasteiger partial charge in [0.05, 0.1) is 23.3 Å². The molecule has 0 aliphatic heterocycles. The van der Waals surface area contributed by atoms with Crippen LogP contribution in [0.1, 0.15) is 35.2 Å². The van der Waals surface area contributed by atoms with Gasteiger partial charge in [0, 0.05) is 18.0 Å². The second kappa shape index (κ2) is 14.0. The minimum atomic E-state index is -4.20. The number of benzene rings is 3. The first kappa shape index (κ1) is 31.2. The van der Waals surface area contributed by atoms with Crippen LogP contribution in [0, 0.1) is 11.0 Å².